The second-order valence-electron chi connectivity index (χ2n) is 2.64. The smallest absolute Gasteiger partial charge is 0.306 e. The van der Waals surface area contributed by atoms with Crippen LogP contribution in [-0.4, -0.2) is 9.38 Å². The Morgan fingerprint density at radius 2 is 2.00 bits per heavy atom. The molecule has 0 spiro atoms. The van der Waals surface area contributed by atoms with E-state index in [-0.39, 0.29) is 0 Å². The molecule has 0 aliphatic heterocycles. The summed E-state index contributed by atoms with van der Waals surface area (Å²) in [7, 11) is 0. The first kappa shape index (κ1) is 8.10. The van der Waals surface area contributed by atoms with Gasteiger partial charge in [0.15, 0.2) is 0 Å². The molecule has 0 fully saturated rings. The van der Waals surface area contributed by atoms with Gasteiger partial charge in [-0.3, -0.25) is 0 Å². The van der Waals surface area contributed by atoms with E-state index in [1.54, 1.807) is 0 Å². The maximum Gasteiger partial charge on any atom is 0.417 e. The number of alkyl halides is 3. The van der Waals surface area contributed by atoms with Crippen molar-refractivity contribution >= 4 is 5.52 Å². The van der Waals surface area contributed by atoms with E-state index in [9.17, 15) is 13.2 Å². The highest BCUT2D eigenvalue weighted by atomic mass is 19.4. The zero-order valence-electron chi connectivity index (χ0n) is 6.42. The molecule has 0 atom stereocenters. The van der Waals surface area contributed by atoms with Crippen molar-refractivity contribution in [1.82, 2.24) is 9.38 Å². The average molecular weight is 186 g/mol. The van der Waals surface area contributed by atoms with Crippen molar-refractivity contribution < 1.29 is 13.2 Å². The van der Waals surface area contributed by atoms with E-state index in [0.717, 1.165) is 12.3 Å². The molecule has 0 N–H and O–H groups in total. The summed E-state index contributed by atoms with van der Waals surface area (Å²) in [6.45, 7) is 0. The fourth-order valence-electron chi connectivity index (χ4n) is 1.09. The molecule has 0 amide bonds. The molecule has 0 aromatic carbocycles. The van der Waals surface area contributed by atoms with Crippen molar-refractivity contribution in [3.05, 3.63) is 36.4 Å². The number of aromatic nitrogens is 2. The van der Waals surface area contributed by atoms with Crippen LogP contribution in [0.4, 0.5) is 13.2 Å². The van der Waals surface area contributed by atoms with Gasteiger partial charge in [0.1, 0.15) is 0 Å². The highest BCUT2D eigenvalue weighted by molar-refractivity contribution is 5.45. The summed E-state index contributed by atoms with van der Waals surface area (Å²) in [5.74, 6) is 0. The van der Waals surface area contributed by atoms with Gasteiger partial charge in [-0.05, 0) is 12.1 Å². The molecule has 0 saturated heterocycles. The number of fused-ring (bicyclic) bond motifs is 1. The first-order chi connectivity index (χ1) is 6.07. The van der Waals surface area contributed by atoms with Crippen LogP contribution in [0.1, 0.15) is 5.56 Å². The van der Waals surface area contributed by atoms with Gasteiger partial charge in [0.05, 0.1) is 23.6 Å². The van der Waals surface area contributed by atoms with E-state index in [1.165, 1.54) is 23.0 Å². The molecule has 2 heterocycles. The SMILES string of the molecule is FC(F)(F)c1ccc2cncn2c1. The van der Waals surface area contributed by atoms with Gasteiger partial charge < -0.3 is 4.40 Å². The Morgan fingerprint density at radius 3 is 2.69 bits per heavy atom. The van der Waals surface area contributed by atoms with Crippen LogP contribution in [0.25, 0.3) is 5.52 Å². The fourth-order valence-corrected chi connectivity index (χ4v) is 1.09. The van der Waals surface area contributed by atoms with Gasteiger partial charge in [-0.1, -0.05) is 0 Å². The molecular formula is C8H5F3N2. The van der Waals surface area contributed by atoms with Gasteiger partial charge in [-0.25, -0.2) is 4.98 Å². The molecule has 0 saturated carbocycles. The highest BCUT2D eigenvalue weighted by Gasteiger charge is 2.30. The third-order valence-corrected chi connectivity index (χ3v) is 1.74. The van der Waals surface area contributed by atoms with Gasteiger partial charge >= 0.3 is 6.18 Å². The zero-order chi connectivity index (χ0) is 9.47. The molecule has 2 rings (SSSR count). The Bertz CT molecular complexity index is 430. The maximum atomic E-state index is 12.2. The second-order valence-corrected chi connectivity index (χ2v) is 2.64. The summed E-state index contributed by atoms with van der Waals surface area (Å²) in [6, 6.07) is 2.42. The molecule has 2 aromatic rings. The number of halogens is 3. The Kier molecular flexibility index (Phi) is 1.55. The van der Waals surface area contributed by atoms with Crippen LogP contribution in [0.5, 0.6) is 0 Å². The zero-order valence-corrected chi connectivity index (χ0v) is 6.42. The first-order valence-corrected chi connectivity index (χ1v) is 3.56. The van der Waals surface area contributed by atoms with Gasteiger partial charge in [0, 0.05) is 6.20 Å². The van der Waals surface area contributed by atoms with Crippen molar-refractivity contribution in [2.24, 2.45) is 0 Å². The standard InChI is InChI=1S/C8H5F3N2/c9-8(10,11)6-1-2-7-3-12-5-13(7)4-6/h1-5H. The van der Waals surface area contributed by atoms with Crippen LogP contribution >= 0.6 is 0 Å². The molecule has 0 bridgehead atoms. The predicted molar refractivity (Wildman–Crippen MR) is 40.2 cm³/mol. The quantitative estimate of drug-likeness (QED) is 0.617. The van der Waals surface area contributed by atoms with E-state index in [1.807, 2.05) is 0 Å². The van der Waals surface area contributed by atoms with Crippen molar-refractivity contribution in [3.63, 3.8) is 0 Å². The average Bonchev–Trinajstić information content (AvgIpc) is 2.47. The summed E-state index contributed by atoms with van der Waals surface area (Å²) < 4.78 is 37.9. The molecule has 2 aromatic heterocycles. The number of hydrogen-bond donors (Lipinski definition) is 0. The van der Waals surface area contributed by atoms with Crippen LogP contribution in [0, 0.1) is 0 Å². The van der Waals surface area contributed by atoms with Gasteiger partial charge in [-0.15, -0.1) is 0 Å². The summed E-state index contributed by atoms with van der Waals surface area (Å²) in [5, 5.41) is 0. The molecule has 68 valence electrons. The van der Waals surface area contributed by atoms with Crippen molar-refractivity contribution in [2.75, 3.05) is 0 Å². The monoisotopic (exact) mass is 186 g/mol. The number of nitrogens with zero attached hydrogens (tertiary/aromatic N) is 2. The normalized spacial score (nSPS) is 12.2. The molecule has 13 heavy (non-hydrogen) atoms. The number of pyridine rings is 1. The first-order valence-electron chi connectivity index (χ1n) is 3.56. The summed E-state index contributed by atoms with van der Waals surface area (Å²) in [6.07, 6.45) is -0.439. The van der Waals surface area contributed by atoms with E-state index < -0.39 is 11.7 Å². The van der Waals surface area contributed by atoms with E-state index in [2.05, 4.69) is 4.98 Å². The van der Waals surface area contributed by atoms with Crippen LogP contribution in [0.15, 0.2) is 30.9 Å². The van der Waals surface area contributed by atoms with Gasteiger partial charge in [0.25, 0.3) is 0 Å². The lowest BCUT2D eigenvalue weighted by molar-refractivity contribution is -0.137. The maximum absolute atomic E-state index is 12.2. The van der Waals surface area contributed by atoms with E-state index >= 15 is 0 Å². The van der Waals surface area contributed by atoms with Gasteiger partial charge in [-0.2, -0.15) is 13.2 Å². The Balaban J connectivity index is 2.61. The Labute approximate surface area is 71.6 Å². The van der Waals surface area contributed by atoms with Crippen LogP contribution < -0.4 is 0 Å². The third kappa shape index (κ3) is 1.37. The molecule has 5 heteroatoms. The molecule has 2 nitrogen and oxygen atoms in total. The molecular weight excluding hydrogens is 181 g/mol. The lowest BCUT2D eigenvalue weighted by Gasteiger charge is -2.05. The Morgan fingerprint density at radius 1 is 1.23 bits per heavy atom. The van der Waals surface area contributed by atoms with Crippen LogP contribution in [0.2, 0.25) is 0 Å². The van der Waals surface area contributed by atoms with Crippen LogP contribution in [-0.2, 0) is 6.18 Å². The number of rotatable bonds is 0. The van der Waals surface area contributed by atoms with Crippen molar-refractivity contribution in [3.8, 4) is 0 Å². The minimum Gasteiger partial charge on any atom is -0.306 e. The van der Waals surface area contributed by atoms with E-state index in [0.29, 0.717) is 5.52 Å². The lowest BCUT2D eigenvalue weighted by Crippen LogP contribution is -2.05. The number of hydrogen-bond acceptors (Lipinski definition) is 1. The predicted octanol–water partition coefficient (Wildman–Crippen LogP) is 2.35. The lowest BCUT2D eigenvalue weighted by atomic mass is 10.2. The molecule has 0 aliphatic carbocycles. The largest absolute Gasteiger partial charge is 0.417 e. The summed E-state index contributed by atoms with van der Waals surface area (Å²) >= 11 is 0. The molecule has 0 unspecified atom stereocenters. The van der Waals surface area contributed by atoms with E-state index in [4.69, 9.17) is 0 Å². The minimum absolute atomic E-state index is 0.646. The second kappa shape index (κ2) is 2.48. The topological polar surface area (TPSA) is 17.3 Å². The minimum atomic E-state index is -4.29. The Hall–Kier alpha value is -1.52. The molecule has 0 aliphatic rings. The number of imidazole rings is 1. The van der Waals surface area contributed by atoms with Crippen LogP contribution in [0.3, 0.4) is 0 Å². The highest BCUT2D eigenvalue weighted by Crippen LogP contribution is 2.28. The van der Waals surface area contributed by atoms with Gasteiger partial charge in [0.2, 0.25) is 0 Å². The fraction of sp³-hybridized carbons (Fsp3) is 0.125. The van der Waals surface area contributed by atoms with Crippen molar-refractivity contribution in [1.29, 1.82) is 0 Å². The summed E-state index contributed by atoms with van der Waals surface area (Å²) in [5.41, 5.74) is -0.0222. The molecule has 0 radical (unpaired) electrons. The third-order valence-electron chi connectivity index (χ3n) is 1.74. The van der Waals surface area contributed by atoms with Crippen molar-refractivity contribution in [2.45, 2.75) is 6.18 Å². The summed E-state index contributed by atoms with van der Waals surface area (Å²) in [4.78, 5) is 3.72.